The molecule has 0 aliphatic carbocycles. The first-order chi connectivity index (χ1) is 12.6. The number of nitrogens with zero attached hydrogens (tertiary/aromatic N) is 3. The Morgan fingerprint density at radius 2 is 1.81 bits per heavy atom. The first kappa shape index (κ1) is 17.6. The highest BCUT2D eigenvalue weighted by atomic mass is 16.2. The minimum Gasteiger partial charge on any atom is -0.340 e. The molecule has 0 radical (unpaired) electrons. The normalized spacial score (nSPS) is 10.4. The molecule has 0 aliphatic heterocycles. The molecular formula is C21H22N4O. The lowest BCUT2D eigenvalue weighted by Crippen LogP contribution is -2.31. The number of nitrogens with one attached hydrogen (secondary N) is 1. The number of benzene rings is 2. The van der Waals surface area contributed by atoms with E-state index in [1.54, 1.807) is 11.0 Å². The number of anilines is 3. The lowest BCUT2D eigenvalue weighted by atomic mass is 10.1. The van der Waals surface area contributed by atoms with Crippen LogP contribution >= 0.6 is 0 Å². The summed E-state index contributed by atoms with van der Waals surface area (Å²) in [5.74, 6) is 0.448. The molecule has 2 aromatic carbocycles. The van der Waals surface area contributed by atoms with E-state index in [1.165, 1.54) is 11.9 Å². The highest BCUT2D eigenvalue weighted by molar-refractivity contribution is 6.05. The third kappa shape index (κ3) is 3.88. The van der Waals surface area contributed by atoms with Crippen molar-refractivity contribution in [1.29, 1.82) is 0 Å². The summed E-state index contributed by atoms with van der Waals surface area (Å²) in [7, 11) is 0. The summed E-state index contributed by atoms with van der Waals surface area (Å²) in [6, 6.07) is 17.4. The Morgan fingerprint density at radius 1 is 1.04 bits per heavy atom. The third-order valence-electron chi connectivity index (χ3n) is 4.16. The number of para-hydroxylation sites is 1. The first-order valence-corrected chi connectivity index (χ1v) is 8.61. The molecule has 0 atom stereocenters. The molecule has 0 aliphatic rings. The minimum atomic E-state index is -0.148. The second-order valence-electron chi connectivity index (χ2n) is 6.12. The van der Waals surface area contributed by atoms with E-state index in [4.69, 9.17) is 0 Å². The highest BCUT2D eigenvalue weighted by Crippen LogP contribution is 2.21. The van der Waals surface area contributed by atoms with Gasteiger partial charge in [-0.2, -0.15) is 0 Å². The van der Waals surface area contributed by atoms with Crippen LogP contribution in [0.25, 0.3) is 0 Å². The maximum absolute atomic E-state index is 12.9. The topological polar surface area (TPSA) is 58.1 Å². The van der Waals surface area contributed by atoms with Crippen molar-refractivity contribution in [2.75, 3.05) is 16.8 Å². The number of carbonyl (C=O) groups is 1. The molecule has 1 heterocycles. The van der Waals surface area contributed by atoms with Crippen LogP contribution in [0.4, 0.5) is 17.2 Å². The van der Waals surface area contributed by atoms with Crippen molar-refractivity contribution in [3.8, 4) is 0 Å². The summed E-state index contributed by atoms with van der Waals surface area (Å²) in [5, 5.41) is 3.27. The maximum Gasteiger partial charge on any atom is 0.277 e. The van der Waals surface area contributed by atoms with Crippen molar-refractivity contribution in [3.63, 3.8) is 0 Å². The van der Waals surface area contributed by atoms with E-state index in [2.05, 4.69) is 28.3 Å². The Labute approximate surface area is 153 Å². The Hall–Kier alpha value is -3.21. The van der Waals surface area contributed by atoms with Crippen LogP contribution in [0.15, 0.2) is 60.9 Å². The van der Waals surface area contributed by atoms with Gasteiger partial charge in [0.05, 0.1) is 0 Å². The molecule has 0 unspecified atom stereocenters. The molecule has 0 bridgehead atoms. The molecule has 0 spiro atoms. The van der Waals surface area contributed by atoms with E-state index in [-0.39, 0.29) is 5.91 Å². The SMILES string of the molecule is CCN(C(=O)c1cc(Nc2ccc(C)cc2C)ncn1)c1ccccc1. The molecule has 5 heteroatoms. The predicted molar refractivity (Wildman–Crippen MR) is 105 cm³/mol. The van der Waals surface area contributed by atoms with Gasteiger partial charge in [-0.25, -0.2) is 9.97 Å². The quantitative estimate of drug-likeness (QED) is 0.739. The van der Waals surface area contributed by atoms with E-state index in [9.17, 15) is 4.79 Å². The molecule has 26 heavy (non-hydrogen) atoms. The second-order valence-corrected chi connectivity index (χ2v) is 6.12. The molecule has 3 rings (SSSR count). The van der Waals surface area contributed by atoms with Crippen LogP contribution in [0.5, 0.6) is 0 Å². The standard InChI is InChI=1S/C21H22N4O/c1-4-25(17-8-6-5-7-9-17)21(26)19-13-20(23-14-22-19)24-18-11-10-15(2)12-16(18)3/h5-14H,4H2,1-3H3,(H,22,23,24). The molecule has 1 amide bonds. The van der Waals surface area contributed by atoms with Gasteiger partial charge in [0.25, 0.3) is 5.91 Å². The van der Waals surface area contributed by atoms with Crippen molar-refractivity contribution in [2.45, 2.75) is 20.8 Å². The van der Waals surface area contributed by atoms with Crippen LogP contribution in [0.1, 0.15) is 28.5 Å². The Balaban J connectivity index is 1.85. The number of aryl methyl sites for hydroxylation is 2. The van der Waals surface area contributed by atoms with Crippen LogP contribution in [0.3, 0.4) is 0 Å². The van der Waals surface area contributed by atoms with E-state index in [0.29, 0.717) is 18.1 Å². The maximum atomic E-state index is 12.9. The largest absolute Gasteiger partial charge is 0.340 e. The fraction of sp³-hybridized carbons (Fsp3) is 0.190. The molecule has 0 fully saturated rings. The lowest BCUT2D eigenvalue weighted by Gasteiger charge is -2.20. The van der Waals surface area contributed by atoms with Gasteiger partial charge in [0.15, 0.2) is 0 Å². The van der Waals surface area contributed by atoms with Crippen LogP contribution in [0, 0.1) is 13.8 Å². The fourth-order valence-corrected chi connectivity index (χ4v) is 2.82. The van der Waals surface area contributed by atoms with Gasteiger partial charge in [-0.15, -0.1) is 0 Å². The highest BCUT2D eigenvalue weighted by Gasteiger charge is 2.18. The number of aromatic nitrogens is 2. The molecule has 1 N–H and O–H groups in total. The summed E-state index contributed by atoms with van der Waals surface area (Å²) >= 11 is 0. The molecule has 1 aromatic heterocycles. The van der Waals surface area contributed by atoms with E-state index >= 15 is 0 Å². The van der Waals surface area contributed by atoms with Crippen LogP contribution in [-0.4, -0.2) is 22.4 Å². The number of carbonyl (C=O) groups excluding carboxylic acids is 1. The van der Waals surface area contributed by atoms with Gasteiger partial charge >= 0.3 is 0 Å². The van der Waals surface area contributed by atoms with E-state index in [1.807, 2.05) is 56.3 Å². The molecule has 0 saturated heterocycles. The second kappa shape index (κ2) is 7.78. The number of rotatable bonds is 5. The first-order valence-electron chi connectivity index (χ1n) is 8.61. The van der Waals surface area contributed by atoms with Gasteiger partial charge in [0.1, 0.15) is 17.8 Å². The smallest absolute Gasteiger partial charge is 0.277 e. The van der Waals surface area contributed by atoms with Gasteiger partial charge < -0.3 is 10.2 Å². The molecular weight excluding hydrogens is 324 g/mol. The van der Waals surface area contributed by atoms with Gasteiger partial charge in [-0.05, 0) is 44.5 Å². The van der Waals surface area contributed by atoms with Crippen molar-refractivity contribution in [1.82, 2.24) is 9.97 Å². The van der Waals surface area contributed by atoms with Crippen molar-refractivity contribution in [2.24, 2.45) is 0 Å². The van der Waals surface area contributed by atoms with Gasteiger partial charge in [0.2, 0.25) is 0 Å². The summed E-state index contributed by atoms with van der Waals surface area (Å²) in [6.07, 6.45) is 1.41. The summed E-state index contributed by atoms with van der Waals surface area (Å²) in [4.78, 5) is 23.0. The van der Waals surface area contributed by atoms with E-state index in [0.717, 1.165) is 16.9 Å². The molecule has 3 aromatic rings. The van der Waals surface area contributed by atoms with Crippen LogP contribution in [0.2, 0.25) is 0 Å². The van der Waals surface area contributed by atoms with Crippen LogP contribution < -0.4 is 10.2 Å². The zero-order valence-electron chi connectivity index (χ0n) is 15.2. The summed E-state index contributed by atoms with van der Waals surface area (Å²) < 4.78 is 0. The van der Waals surface area contributed by atoms with Crippen molar-refractivity contribution in [3.05, 3.63) is 77.7 Å². The summed E-state index contributed by atoms with van der Waals surface area (Å²) in [5.41, 5.74) is 4.49. The third-order valence-corrected chi connectivity index (χ3v) is 4.16. The van der Waals surface area contributed by atoms with Gasteiger partial charge in [0, 0.05) is 24.0 Å². The zero-order chi connectivity index (χ0) is 18.5. The Bertz CT molecular complexity index is 909. The fourth-order valence-electron chi connectivity index (χ4n) is 2.82. The number of amides is 1. The average Bonchev–Trinajstić information content (AvgIpc) is 2.66. The average molecular weight is 346 g/mol. The number of hydrogen-bond acceptors (Lipinski definition) is 4. The van der Waals surface area contributed by atoms with Crippen molar-refractivity contribution < 1.29 is 4.79 Å². The van der Waals surface area contributed by atoms with Crippen molar-refractivity contribution >= 4 is 23.1 Å². The number of hydrogen-bond donors (Lipinski definition) is 1. The van der Waals surface area contributed by atoms with Crippen LogP contribution in [-0.2, 0) is 0 Å². The lowest BCUT2D eigenvalue weighted by molar-refractivity contribution is 0.0983. The predicted octanol–water partition coefficient (Wildman–Crippen LogP) is 4.50. The molecule has 132 valence electrons. The Kier molecular flexibility index (Phi) is 5.27. The zero-order valence-corrected chi connectivity index (χ0v) is 15.2. The molecule has 5 nitrogen and oxygen atoms in total. The van der Waals surface area contributed by atoms with Gasteiger partial charge in [-0.3, -0.25) is 4.79 Å². The molecule has 0 saturated carbocycles. The summed E-state index contributed by atoms with van der Waals surface area (Å²) in [6.45, 7) is 6.60. The van der Waals surface area contributed by atoms with E-state index < -0.39 is 0 Å². The monoisotopic (exact) mass is 346 g/mol. The van der Waals surface area contributed by atoms with Gasteiger partial charge in [-0.1, -0.05) is 35.9 Å². The minimum absolute atomic E-state index is 0.148. The Morgan fingerprint density at radius 3 is 2.50 bits per heavy atom.